The van der Waals surface area contributed by atoms with Gasteiger partial charge < -0.3 is 15.7 Å². The lowest BCUT2D eigenvalue weighted by Gasteiger charge is -2.26. The molecule has 0 radical (unpaired) electrons. The minimum absolute atomic E-state index is 0.0456. The van der Waals surface area contributed by atoms with Gasteiger partial charge in [0.15, 0.2) is 0 Å². The Kier molecular flexibility index (Phi) is 5.01. The molecule has 1 fully saturated rings. The minimum Gasteiger partial charge on any atom is -0.508 e. The van der Waals surface area contributed by atoms with Crippen LogP contribution in [0.3, 0.4) is 0 Å². The van der Waals surface area contributed by atoms with Crippen LogP contribution in [0.5, 0.6) is 5.75 Å². The zero-order chi connectivity index (χ0) is 14.5. The maximum Gasteiger partial charge on any atom is 0.240 e. The molecule has 0 spiro atoms. The van der Waals surface area contributed by atoms with Crippen LogP contribution in [-0.2, 0) is 11.3 Å². The Morgan fingerprint density at radius 2 is 2.25 bits per heavy atom. The van der Waals surface area contributed by atoms with Gasteiger partial charge in [-0.25, -0.2) is 0 Å². The lowest BCUT2D eigenvalue weighted by atomic mass is 10.1. The summed E-state index contributed by atoms with van der Waals surface area (Å²) >= 11 is 0. The topological polar surface area (TPSA) is 66.6 Å². The van der Waals surface area contributed by atoms with E-state index in [1.807, 2.05) is 11.0 Å². The molecule has 4 nitrogen and oxygen atoms in total. The van der Waals surface area contributed by atoms with Gasteiger partial charge in [0.05, 0.1) is 6.04 Å². The Balaban J connectivity index is 2.01. The average Bonchev–Trinajstić information content (AvgIpc) is 3.26. The van der Waals surface area contributed by atoms with E-state index in [0.717, 1.165) is 37.7 Å². The van der Waals surface area contributed by atoms with Crippen LogP contribution in [0.25, 0.3) is 0 Å². The van der Waals surface area contributed by atoms with Crippen molar-refractivity contribution in [1.82, 2.24) is 4.90 Å². The molecule has 20 heavy (non-hydrogen) atoms. The van der Waals surface area contributed by atoms with Crippen molar-refractivity contribution < 1.29 is 9.90 Å². The molecule has 0 aromatic heterocycles. The van der Waals surface area contributed by atoms with E-state index < -0.39 is 6.04 Å². The number of hydrogen-bond acceptors (Lipinski definition) is 3. The van der Waals surface area contributed by atoms with E-state index in [4.69, 9.17) is 5.73 Å². The maximum absolute atomic E-state index is 12.5. The molecule has 1 aromatic rings. The molecular weight excluding hydrogens is 252 g/mol. The average molecular weight is 276 g/mol. The van der Waals surface area contributed by atoms with Crippen molar-refractivity contribution in [3.8, 4) is 5.75 Å². The fourth-order valence-corrected chi connectivity index (χ4v) is 2.39. The van der Waals surface area contributed by atoms with Gasteiger partial charge in [-0.3, -0.25) is 4.79 Å². The first-order chi connectivity index (χ1) is 9.61. The Morgan fingerprint density at radius 3 is 2.85 bits per heavy atom. The van der Waals surface area contributed by atoms with Gasteiger partial charge in [-0.2, -0.15) is 0 Å². The smallest absolute Gasteiger partial charge is 0.240 e. The summed E-state index contributed by atoms with van der Waals surface area (Å²) in [6, 6.07) is 7.02. The monoisotopic (exact) mass is 276 g/mol. The highest BCUT2D eigenvalue weighted by Gasteiger charge is 2.34. The van der Waals surface area contributed by atoms with E-state index in [1.54, 1.807) is 18.2 Å². The largest absolute Gasteiger partial charge is 0.508 e. The highest BCUT2D eigenvalue weighted by Crippen LogP contribution is 2.29. The normalized spacial score (nSPS) is 15.9. The Bertz CT molecular complexity index is 458. The van der Waals surface area contributed by atoms with Crippen LogP contribution in [0.4, 0.5) is 0 Å². The number of rotatable bonds is 7. The first-order valence-electron chi connectivity index (χ1n) is 7.45. The molecule has 3 N–H and O–H groups in total. The Labute approximate surface area is 120 Å². The summed E-state index contributed by atoms with van der Waals surface area (Å²) in [6.45, 7) is 2.64. The Hall–Kier alpha value is -1.55. The molecule has 1 aromatic carbocycles. The van der Waals surface area contributed by atoms with Gasteiger partial charge >= 0.3 is 0 Å². The van der Waals surface area contributed by atoms with Crippen LogP contribution in [0.1, 0.15) is 44.6 Å². The summed E-state index contributed by atoms with van der Waals surface area (Å²) in [7, 11) is 0. The van der Waals surface area contributed by atoms with E-state index in [9.17, 15) is 9.90 Å². The predicted octanol–water partition coefficient (Wildman–Crippen LogP) is 2.40. The molecular formula is C16H24N2O2. The lowest BCUT2D eigenvalue weighted by molar-refractivity contribution is -0.134. The van der Waals surface area contributed by atoms with Crippen molar-refractivity contribution in [3.05, 3.63) is 29.8 Å². The number of phenolic OH excluding ortho intramolecular Hbond substituents is 1. The van der Waals surface area contributed by atoms with Crippen LogP contribution in [0.15, 0.2) is 24.3 Å². The van der Waals surface area contributed by atoms with Crippen LogP contribution in [-0.4, -0.2) is 28.0 Å². The number of carbonyl (C=O) groups is 1. The summed E-state index contributed by atoms with van der Waals surface area (Å²) < 4.78 is 0. The molecule has 4 heteroatoms. The maximum atomic E-state index is 12.5. The standard InChI is InChI=1S/C16H24N2O2/c1-2-3-7-15(17)16(20)18(13-8-9-13)11-12-5-4-6-14(19)10-12/h4-6,10,13,15,19H,2-3,7-9,11,17H2,1H3/t15-/m0/s1. The number of benzene rings is 1. The first kappa shape index (κ1) is 14.9. The fourth-order valence-electron chi connectivity index (χ4n) is 2.39. The summed E-state index contributed by atoms with van der Waals surface area (Å²) in [5, 5.41) is 9.52. The van der Waals surface area contributed by atoms with Crippen molar-refractivity contribution in [1.29, 1.82) is 0 Å². The number of nitrogens with two attached hydrogens (primary N) is 1. The molecule has 0 aliphatic heterocycles. The molecule has 0 unspecified atom stereocenters. The summed E-state index contributed by atoms with van der Waals surface area (Å²) in [6.07, 6.45) is 4.91. The molecule has 1 atom stereocenters. The fraction of sp³-hybridized carbons (Fsp3) is 0.562. The van der Waals surface area contributed by atoms with Crippen molar-refractivity contribution >= 4 is 5.91 Å². The minimum atomic E-state index is -0.396. The first-order valence-corrected chi connectivity index (χ1v) is 7.45. The number of hydrogen-bond donors (Lipinski definition) is 2. The van der Waals surface area contributed by atoms with Gasteiger partial charge in [0.25, 0.3) is 0 Å². The van der Waals surface area contributed by atoms with Crippen molar-refractivity contribution in [3.63, 3.8) is 0 Å². The van der Waals surface area contributed by atoms with Gasteiger partial charge in [0.1, 0.15) is 5.75 Å². The van der Waals surface area contributed by atoms with E-state index in [0.29, 0.717) is 12.6 Å². The van der Waals surface area contributed by atoms with Gasteiger partial charge in [0.2, 0.25) is 5.91 Å². The molecule has 1 aliphatic carbocycles. The second-order valence-corrected chi connectivity index (χ2v) is 5.62. The number of amides is 1. The second kappa shape index (κ2) is 6.75. The third-order valence-corrected chi connectivity index (χ3v) is 3.72. The van der Waals surface area contributed by atoms with E-state index >= 15 is 0 Å². The molecule has 1 saturated carbocycles. The zero-order valence-corrected chi connectivity index (χ0v) is 12.1. The number of carbonyl (C=O) groups excluding carboxylic acids is 1. The van der Waals surface area contributed by atoms with Gasteiger partial charge in [0, 0.05) is 12.6 Å². The highest BCUT2D eigenvalue weighted by atomic mass is 16.3. The SMILES string of the molecule is CCCC[C@H](N)C(=O)N(Cc1cccc(O)c1)C1CC1. The van der Waals surface area contributed by atoms with Gasteiger partial charge in [-0.1, -0.05) is 31.9 Å². The summed E-state index contributed by atoms with van der Waals surface area (Å²) in [5.41, 5.74) is 6.96. The summed E-state index contributed by atoms with van der Waals surface area (Å²) in [4.78, 5) is 14.3. The Morgan fingerprint density at radius 1 is 1.50 bits per heavy atom. The molecule has 2 rings (SSSR count). The van der Waals surface area contributed by atoms with Crippen molar-refractivity contribution in [2.24, 2.45) is 5.73 Å². The molecule has 110 valence electrons. The van der Waals surface area contributed by atoms with Gasteiger partial charge in [-0.05, 0) is 37.0 Å². The third kappa shape index (κ3) is 3.97. The van der Waals surface area contributed by atoms with E-state index in [1.165, 1.54) is 0 Å². The number of unbranched alkanes of at least 4 members (excludes halogenated alkanes) is 1. The van der Waals surface area contributed by atoms with Crippen LogP contribution in [0.2, 0.25) is 0 Å². The van der Waals surface area contributed by atoms with E-state index in [-0.39, 0.29) is 11.7 Å². The predicted molar refractivity (Wildman–Crippen MR) is 79.2 cm³/mol. The number of nitrogens with zero attached hydrogens (tertiary/aromatic N) is 1. The van der Waals surface area contributed by atoms with Crippen molar-refractivity contribution in [2.75, 3.05) is 0 Å². The van der Waals surface area contributed by atoms with Crippen LogP contribution in [0, 0.1) is 0 Å². The number of phenols is 1. The highest BCUT2D eigenvalue weighted by molar-refractivity contribution is 5.82. The van der Waals surface area contributed by atoms with E-state index in [2.05, 4.69) is 6.92 Å². The molecule has 0 saturated heterocycles. The van der Waals surface area contributed by atoms with Crippen LogP contribution < -0.4 is 5.73 Å². The van der Waals surface area contributed by atoms with Crippen molar-refractivity contribution in [2.45, 2.75) is 57.7 Å². The summed E-state index contributed by atoms with van der Waals surface area (Å²) in [5.74, 6) is 0.283. The third-order valence-electron chi connectivity index (χ3n) is 3.72. The quantitative estimate of drug-likeness (QED) is 0.803. The second-order valence-electron chi connectivity index (χ2n) is 5.62. The lowest BCUT2D eigenvalue weighted by Crippen LogP contribution is -2.44. The molecule has 1 aliphatic rings. The molecule has 0 heterocycles. The van der Waals surface area contributed by atoms with Crippen LogP contribution >= 0.6 is 0 Å². The zero-order valence-electron chi connectivity index (χ0n) is 12.1. The van der Waals surface area contributed by atoms with Gasteiger partial charge in [-0.15, -0.1) is 0 Å². The number of aromatic hydroxyl groups is 1. The molecule has 1 amide bonds. The molecule has 0 bridgehead atoms.